The molecule has 4 rings (SSSR count). The maximum absolute atomic E-state index is 14.9. The highest BCUT2D eigenvalue weighted by atomic mass is 32.2. The Morgan fingerprint density at radius 2 is 1.51 bits per heavy atom. The molecular formula is C60H95N9O21S. The van der Waals surface area contributed by atoms with Gasteiger partial charge in [0.2, 0.25) is 51.8 Å². The lowest BCUT2D eigenvalue weighted by atomic mass is 9.89. The molecule has 2 heterocycles. The molecule has 0 aliphatic carbocycles. The minimum absolute atomic E-state index is 0.0352. The average Bonchev–Trinajstić information content (AvgIpc) is 1.63. The summed E-state index contributed by atoms with van der Waals surface area (Å²) in [4.78, 5) is 117. The van der Waals surface area contributed by atoms with Crippen LogP contribution in [0.1, 0.15) is 98.3 Å². The summed E-state index contributed by atoms with van der Waals surface area (Å²) in [5, 5.41) is 62.9. The van der Waals surface area contributed by atoms with Crippen LogP contribution in [0.25, 0.3) is 0 Å². The molecule has 15 atom stereocenters. The second-order valence-corrected chi connectivity index (χ2v) is 25.8. The van der Waals surface area contributed by atoms with E-state index in [9.17, 15) is 72.3 Å². The number of nitrogens with zero attached hydrogens (tertiary/aromatic N) is 4. The highest BCUT2D eigenvalue weighted by Gasteiger charge is 2.49. The number of methoxy groups -OCH3 is 2. The number of carbonyl (C=O) groups is 8. The standard InChI is InChI=1S/C60H95N9O21S/c1-14-34(6)48(42(85-11)28-45(72)69-25-18-21-40(69)53(86-12)35(7)55(77)63-36(8)49(73)37-19-16-15-17-20-37)66(9)57(79)46(32(2)3)65-56(78)47(33(4)5)67(10)60(82)87-30-38-27-39(64-43(70)29-68(91(13,83)84)26-24-62-44(71)31-88-61)22-23-41(38)89-59-52(76)50(74)51(75)54(90-59)58(80)81/h15-17,19-20,22-23,27,32-36,40,42,46-54,59,73-76H,14,18,21,24-26,28-31,61H2,1-13H3,(H,62,71)(H,63,77)(H,64,70)(H,65,78)(H,80,81)/t34-,35+,36+,40-,42+,46-,47?,48?,49+,50?,51?,52?,53+,54?,59?/m0/s1. The summed E-state index contributed by atoms with van der Waals surface area (Å²) in [5.74, 6) is -2.62. The first kappa shape index (κ1) is 76.8. The molecule has 0 spiro atoms. The Balaban J connectivity index is 1.54. The van der Waals surface area contributed by atoms with Gasteiger partial charge in [0.25, 0.3) is 0 Å². The number of anilines is 1. The number of likely N-dealkylation sites (N-methyl/N-ethyl adjacent to an activating group) is 2. The molecule has 2 aliphatic heterocycles. The smallest absolute Gasteiger partial charge is 0.410 e. The predicted molar refractivity (Wildman–Crippen MR) is 328 cm³/mol. The Bertz CT molecular complexity index is 2880. The highest BCUT2D eigenvalue weighted by molar-refractivity contribution is 7.88. The van der Waals surface area contributed by atoms with Crippen LogP contribution < -0.4 is 31.9 Å². The SMILES string of the molecule is CC[C@H](C)C([C@@H](CC(=O)N1CCC[C@H]1[C@H](OC)[C@@H](C)C(=O)N[C@H](C)[C@@H](O)c1ccccc1)OC)N(C)C(=O)[C@@H](NC(=O)C(C(C)C)N(C)C(=O)OCc1cc(NC(=O)CN(CCNC(=O)CON)S(C)(=O)=O)ccc1OC1OC(C(=O)O)C(O)C(O)C1O)C(C)C. The first-order valence-electron chi connectivity index (χ1n) is 30.1. The van der Waals surface area contributed by atoms with Crippen molar-refractivity contribution < 1.29 is 101 Å². The summed E-state index contributed by atoms with van der Waals surface area (Å²) in [6, 6.07) is 8.31. The molecule has 7 unspecified atom stereocenters. The van der Waals surface area contributed by atoms with E-state index in [1.807, 2.05) is 19.9 Å². The molecule has 0 bridgehead atoms. The van der Waals surface area contributed by atoms with Crippen LogP contribution in [0.15, 0.2) is 48.5 Å². The van der Waals surface area contributed by atoms with E-state index in [1.54, 1.807) is 77.8 Å². The monoisotopic (exact) mass is 1310 g/mol. The molecule has 0 aromatic heterocycles. The van der Waals surface area contributed by atoms with Gasteiger partial charge < -0.3 is 80.3 Å². The second-order valence-electron chi connectivity index (χ2n) is 23.8. The van der Waals surface area contributed by atoms with Crippen LogP contribution in [0.3, 0.4) is 0 Å². The van der Waals surface area contributed by atoms with Gasteiger partial charge in [-0.25, -0.2) is 23.9 Å². The number of sulfonamides is 1. The summed E-state index contributed by atoms with van der Waals surface area (Å²) in [6.45, 7) is 11.9. The van der Waals surface area contributed by atoms with E-state index in [0.717, 1.165) is 15.5 Å². The van der Waals surface area contributed by atoms with E-state index in [-0.39, 0.29) is 54.2 Å². The number of nitrogens with one attached hydrogen (secondary N) is 4. The number of aliphatic hydroxyl groups excluding tert-OH is 4. The van der Waals surface area contributed by atoms with E-state index in [1.165, 1.54) is 44.4 Å². The van der Waals surface area contributed by atoms with Crippen molar-refractivity contribution in [2.24, 2.45) is 29.6 Å². The van der Waals surface area contributed by atoms with E-state index in [0.29, 0.717) is 31.4 Å². The number of benzene rings is 2. The molecule has 2 aromatic carbocycles. The average molecular weight is 1310 g/mol. The maximum Gasteiger partial charge on any atom is 0.410 e. The van der Waals surface area contributed by atoms with Crippen molar-refractivity contribution in [2.75, 3.05) is 72.7 Å². The van der Waals surface area contributed by atoms with Gasteiger partial charge in [0.05, 0.1) is 61.6 Å². The summed E-state index contributed by atoms with van der Waals surface area (Å²) in [5.41, 5.74) is 0.510. The number of carboxylic acid groups (broad SMARTS) is 1. The van der Waals surface area contributed by atoms with Crippen molar-refractivity contribution in [3.05, 3.63) is 59.7 Å². The number of carbonyl (C=O) groups excluding carboxylic acids is 7. The normalized spacial score (nSPS) is 21.5. The molecule has 2 fully saturated rings. The van der Waals surface area contributed by atoms with Crippen LogP contribution in [0.4, 0.5) is 10.5 Å². The number of hydrogen-bond acceptors (Lipinski definition) is 21. The van der Waals surface area contributed by atoms with E-state index in [4.69, 9.17) is 29.6 Å². The Labute approximate surface area is 531 Å². The van der Waals surface area contributed by atoms with Crippen LogP contribution in [0, 0.1) is 23.7 Å². The summed E-state index contributed by atoms with van der Waals surface area (Å²) in [7, 11) is 1.76. The fourth-order valence-corrected chi connectivity index (χ4v) is 12.0. The summed E-state index contributed by atoms with van der Waals surface area (Å²) < 4.78 is 54.9. The zero-order chi connectivity index (χ0) is 68.4. The van der Waals surface area contributed by atoms with Crippen molar-refractivity contribution in [1.29, 1.82) is 0 Å². The number of ether oxygens (including phenoxy) is 5. The molecular weight excluding hydrogens is 1210 g/mol. The van der Waals surface area contributed by atoms with Gasteiger partial charge in [0.15, 0.2) is 6.10 Å². The fourth-order valence-electron chi connectivity index (χ4n) is 11.3. The fraction of sp³-hybridized carbons (Fsp3) is 0.667. The Kier molecular flexibility index (Phi) is 29.9. The number of hydrogen-bond donors (Lipinski definition) is 10. The third-order valence-electron chi connectivity index (χ3n) is 16.5. The molecule has 0 saturated carbocycles. The number of aliphatic hydroxyl groups is 4. The molecule has 2 aliphatic rings. The second kappa shape index (κ2) is 35.4. The quantitative estimate of drug-likeness (QED) is 0.0414. The third-order valence-corrected chi connectivity index (χ3v) is 17.8. The molecule has 11 N–H and O–H groups in total. The van der Waals surface area contributed by atoms with Gasteiger partial charge in [0.1, 0.15) is 49.4 Å². The highest BCUT2D eigenvalue weighted by Crippen LogP contribution is 2.33. The number of amides is 7. The lowest BCUT2D eigenvalue weighted by molar-refractivity contribution is -0.271. The van der Waals surface area contributed by atoms with Gasteiger partial charge in [-0.2, -0.15) is 4.31 Å². The third kappa shape index (κ3) is 20.9. The van der Waals surface area contributed by atoms with Crippen LogP contribution in [0.2, 0.25) is 0 Å². The van der Waals surface area contributed by atoms with Crippen LogP contribution in [0.5, 0.6) is 5.75 Å². The summed E-state index contributed by atoms with van der Waals surface area (Å²) in [6.07, 6.45) is -11.4. The van der Waals surface area contributed by atoms with Crippen LogP contribution in [-0.2, 0) is 74.0 Å². The molecule has 512 valence electrons. The first-order valence-corrected chi connectivity index (χ1v) is 32.0. The number of nitrogens with two attached hydrogens (primary N) is 1. The number of carboxylic acids is 1. The molecule has 91 heavy (non-hydrogen) atoms. The van der Waals surface area contributed by atoms with Gasteiger partial charge in [-0.1, -0.05) is 85.2 Å². The number of aliphatic carboxylic acids is 1. The van der Waals surface area contributed by atoms with Gasteiger partial charge in [-0.05, 0) is 61.3 Å². The van der Waals surface area contributed by atoms with Crippen molar-refractivity contribution in [1.82, 2.24) is 35.0 Å². The molecule has 0 radical (unpaired) electrons. The predicted octanol–water partition coefficient (Wildman–Crippen LogP) is 0.0566. The van der Waals surface area contributed by atoms with Crippen LogP contribution in [-0.4, -0.2) is 241 Å². The number of likely N-dealkylation sites (tertiary alicyclic amines) is 1. The van der Waals surface area contributed by atoms with E-state index >= 15 is 0 Å². The Morgan fingerprint density at radius 3 is 2.08 bits per heavy atom. The molecule has 31 heteroatoms. The topological polar surface area (TPSA) is 414 Å². The largest absolute Gasteiger partial charge is 0.479 e. The van der Waals surface area contributed by atoms with Crippen LogP contribution >= 0.6 is 0 Å². The molecule has 7 amide bonds. The Morgan fingerprint density at radius 1 is 0.846 bits per heavy atom. The van der Waals surface area contributed by atoms with Crippen molar-refractivity contribution >= 4 is 63.2 Å². The molecule has 30 nitrogen and oxygen atoms in total. The van der Waals surface area contributed by atoms with Crippen molar-refractivity contribution in [3.8, 4) is 5.75 Å². The molecule has 2 saturated heterocycles. The zero-order valence-corrected chi connectivity index (χ0v) is 54.9. The van der Waals surface area contributed by atoms with Gasteiger partial charge >= 0.3 is 12.1 Å². The molecule has 2 aromatic rings. The zero-order valence-electron chi connectivity index (χ0n) is 54.0. The van der Waals surface area contributed by atoms with Gasteiger partial charge in [0, 0.05) is 59.2 Å². The Hall–Kier alpha value is -6.65. The minimum Gasteiger partial charge on any atom is -0.479 e. The van der Waals surface area contributed by atoms with E-state index in [2.05, 4.69) is 26.1 Å². The van der Waals surface area contributed by atoms with Gasteiger partial charge in [-0.15, -0.1) is 0 Å². The number of rotatable bonds is 34. The van der Waals surface area contributed by atoms with E-state index < -0.39 is 162 Å². The summed E-state index contributed by atoms with van der Waals surface area (Å²) >= 11 is 0. The van der Waals surface area contributed by atoms with Crippen molar-refractivity contribution in [2.45, 2.75) is 167 Å². The first-order chi connectivity index (χ1) is 42.7. The van der Waals surface area contributed by atoms with Gasteiger partial charge in [-0.3, -0.25) is 38.5 Å². The van der Waals surface area contributed by atoms with Crippen molar-refractivity contribution in [3.63, 3.8) is 0 Å². The maximum atomic E-state index is 14.9. The minimum atomic E-state index is -4.03. The lowest BCUT2D eigenvalue weighted by Gasteiger charge is -2.41. The lowest BCUT2D eigenvalue weighted by Crippen LogP contribution is -2.61.